The number of rotatable bonds is 3. The van der Waals surface area contributed by atoms with Gasteiger partial charge in [-0.05, 0) is 58.7 Å². The average Bonchev–Trinajstić information content (AvgIpc) is 3.49. The molecule has 2 N–H and O–H groups in total. The van der Waals surface area contributed by atoms with Crippen LogP contribution in [0.1, 0.15) is 71.8 Å². The van der Waals surface area contributed by atoms with Gasteiger partial charge in [0.1, 0.15) is 5.69 Å². The summed E-state index contributed by atoms with van der Waals surface area (Å²) in [5.41, 5.74) is 7.67. The number of fused-ring (bicyclic) bond motifs is 1. The van der Waals surface area contributed by atoms with Crippen LogP contribution in [0.25, 0.3) is 11.0 Å². The zero-order chi connectivity index (χ0) is 20.8. The zero-order valence-electron chi connectivity index (χ0n) is 17.0. The summed E-state index contributed by atoms with van der Waals surface area (Å²) in [6, 6.07) is 6.83. The first kappa shape index (κ1) is 19.0. The van der Waals surface area contributed by atoms with E-state index in [0.29, 0.717) is 22.5 Å². The van der Waals surface area contributed by atoms with E-state index in [9.17, 15) is 9.59 Å². The fourth-order valence-corrected chi connectivity index (χ4v) is 3.29. The molecule has 0 aromatic carbocycles. The lowest BCUT2D eigenvalue weighted by atomic mass is 10.1. The topological polar surface area (TPSA) is 102 Å². The minimum Gasteiger partial charge on any atom is -0.267 e. The Labute approximate surface area is 168 Å². The number of amides is 2. The second kappa shape index (κ2) is 6.95. The third kappa shape index (κ3) is 3.70. The molecule has 8 heteroatoms. The summed E-state index contributed by atoms with van der Waals surface area (Å²) in [6.45, 7) is 8.03. The molecule has 1 saturated carbocycles. The molecule has 0 unspecified atom stereocenters. The van der Waals surface area contributed by atoms with E-state index in [2.05, 4.69) is 41.7 Å². The molecule has 2 amide bonds. The number of aryl methyl sites for hydroxylation is 1. The van der Waals surface area contributed by atoms with Crippen LogP contribution < -0.4 is 10.9 Å². The number of pyridine rings is 2. The normalized spacial score (nSPS) is 14.1. The van der Waals surface area contributed by atoms with Gasteiger partial charge < -0.3 is 0 Å². The Hall–Kier alpha value is -3.29. The Morgan fingerprint density at radius 3 is 2.48 bits per heavy atom. The summed E-state index contributed by atoms with van der Waals surface area (Å²) in [5, 5.41) is 5.35. The van der Waals surface area contributed by atoms with Crippen molar-refractivity contribution in [1.82, 2.24) is 30.6 Å². The minimum atomic E-state index is -0.478. The van der Waals surface area contributed by atoms with Gasteiger partial charge in [0, 0.05) is 17.8 Å². The number of carbonyl (C=O) groups excluding carboxylic acids is 2. The maximum absolute atomic E-state index is 13.0. The molecule has 29 heavy (non-hydrogen) atoms. The van der Waals surface area contributed by atoms with Gasteiger partial charge in [-0.3, -0.25) is 25.4 Å². The maximum Gasteiger partial charge on any atom is 0.288 e. The lowest BCUT2D eigenvalue weighted by molar-refractivity contribution is 0.0844. The maximum atomic E-state index is 13.0. The summed E-state index contributed by atoms with van der Waals surface area (Å²) in [4.78, 5) is 34.0. The van der Waals surface area contributed by atoms with Gasteiger partial charge in [-0.2, -0.15) is 5.10 Å². The molecule has 8 nitrogen and oxygen atoms in total. The molecule has 3 aromatic rings. The first-order chi connectivity index (χ1) is 13.8. The summed E-state index contributed by atoms with van der Waals surface area (Å²) in [6.07, 6.45) is 3.66. The molecule has 0 atom stereocenters. The molecule has 3 heterocycles. The van der Waals surface area contributed by atoms with E-state index in [1.54, 1.807) is 18.2 Å². The fraction of sp³-hybridized carbons (Fsp3) is 0.381. The second-order valence-corrected chi connectivity index (χ2v) is 8.36. The highest BCUT2D eigenvalue weighted by molar-refractivity contribution is 6.07. The van der Waals surface area contributed by atoms with Gasteiger partial charge in [0.05, 0.1) is 22.2 Å². The van der Waals surface area contributed by atoms with Gasteiger partial charge in [-0.25, -0.2) is 9.67 Å². The summed E-state index contributed by atoms with van der Waals surface area (Å²) >= 11 is 0. The Morgan fingerprint density at radius 1 is 1.14 bits per heavy atom. The van der Waals surface area contributed by atoms with Gasteiger partial charge in [-0.15, -0.1) is 0 Å². The van der Waals surface area contributed by atoms with Crippen LogP contribution in [0.15, 0.2) is 30.5 Å². The molecule has 4 rings (SSSR count). The number of aromatic nitrogens is 4. The number of hydrogen-bond donors (Lipinski definition) is 2. The third-order valence-corrected chi connectivity index (χ3v) is 4.90. The van der Waals surface area contributed by atoms with Crippen LogP contribution in [0.3, 0.4) is 0 Å². The second-order valence-electron chi connectivity index (χ2n) is 8.36. The van der Waals surface area contributed by atoms with Gasteiger partial charge in [0.2, 0.25) is 0 Å². The number of nitrogens with one attached hydrogen (secondary N) is 2. The molecule has 0 saturated heterocycles. The van der Waals surface area contributed by atoms with Crippen molar-refractivity contribution in [2.45, 2.75) is 52.0 Å². The predicted octanol–water partition coefficient (Wildman–Crippen LogP) is 2.84. The van der Waals surface area contributed by atoms with E-state index < -0.39 is 11.8 Å². The zero-order valence-corrected chi connectivity index (χ0v) is 17.0. The van der Waals surface area contributed by atoms with E-state index in [-0.39, 0.29) is 11.2 Å². The quantitative estimate of drug-likeness (QED) is 0.668. The number of hydrazine groups is 1. The highest BCUT2D eigenvalue weighted by atomic mass is 16.2. The van der Waals surface area contributed by atoms with Gasteiger partial charge >= 0.3 is 0 Å². The van der Waals surface area contributed by atoms with Crippen LogP contribution in [0.4, 0.5) is 0 Å². The summed E-state index contributed by atoms with van der Waals surface area (Å²) in [5.74, 6) is -0.508. The van der Waals surface area contributed by atoms with Gasteiger partial charge in [0.15, 0.2) is 5.65 Å². The standard InChI is InChI=1S/C21H24N6O2/c1-12-17-14(19(28)24-25-20(29)15-7-5-6-10-22-15)11-16(13-8-9-13)23-18(17)27(26-12)21(2,3)4/h5-7,10-11,13H,8-9H2,1-4H3,(H,24,28)(H,25,29). The Balaban J connectivity index is 1.69. The number of nitrogens with zero attached hydrogens (tertiary/aromatic N) is 4. The Morgan fingerprint density at radius 2 is 1.86 bits per heavy atom. The van der Waals surface area contributed by atoms with Crippen LogP contribution in [0, 0.1) is 6.92 Å². The lowest BCUT2D eigenvalue weighted by Crippen LogP contribution is -2.42. The van der Waals surface area contributed by atoms with E-state index >= 15 is 0 Å². The fourth-order valence-electron chi connectivity index (χ4n) is 3.29. The van der Waals surface area contributed by atoms with Crippen molar-refractivity contribution >= 4 is 22.8 Å². The van der Waals surface area contributed by atoms with Crippen molar-refractivity contribution in [1.29, 1.82) is 0 Å². The van der Waals surface area contributed by atoms with Crippen molar-refractivity contribution in [2.24, 2.45) is 0 Å². The molecule has 1 aliphatic rings. The Kier molecular flexibility index (Phi) is 4.56. The smallest absolute Gasteiger partial charge is 0.267 e. The molecule has 1 fully saturated rings. The van der Waals surface area contributed by atoms with Gasteiger partial charge in [-0.1, -0.05) is 6.07 Å². The SMILES string of the molecule is Cc1nn(C(C)(C)C)c2nc(C3CC3)cc(C(=O)NNC(=O)c3ccccn3)c12. The Bertz CT molecular complexity index is 1090. The third-order valence-electron chi connectivity index (χ3n) is 4.90. The van der Waals surface area contributed by atoms with Crippen LogP contribution in [-0.4, -0.2) is 31.6 Å². The first-order valence-electron chi connectivity index (χ1n) is 9.68. The van der Waals surface area contributed by atoms with E-state index in [1.165, 1.54) is 6.20 Å². The van der Waals surface area contributed by atoms with E-state index in [0.717, 1.165) is 24.2 Å². The van der Waals surface area contributed by atoms with Crippen molar-refractivity contribution in [3.63, 3.8) is 0 Å². The molecule has 3 aromatic heterocycles. The highest BCUT2D eigenvalue weighted by Gasteiger charge is 2.30. The van der Waals surface area contributed by atoms with Crippen molar-refractivity contribution in [3.8, 4) is 0 Å². The predicted molar refractivity (Wildman–Crippen MR) is 108 cm³/mol. The molecule has 0 spiro atoms. The molecule has 0 aliphatic heterocycles. The number of carbonyl (C=O) groups is 2. The molecule has 150 valence electrons. The molecule has 1 aliphatic carbocycles. The lowest BCUT2D eigenvalue weighted by Gasteiger charge is -2.20. The first-order valence-corrected chi connectivity index (χ1v) is 9.68. The van der Waals surface area contributed by atoms with Gasteiger partial charge in [0.25, 0.3) is 11.8 Å². The van der Waals surface area contributed by atoms with Crippen LogP contribution in [0.5, 0.6) is 0 Å². The van der Waals surface area contributed by atoms with E-state index in [1.807, 2.05) is 17.7 Å². The van der Waals surface area contributed by atoms with Crippen molar-refractivity contribution in [3.05, 3.63) is 53.1 Å². The van der Waals surface area contributed by atoms with Crippen LogP contribution in [-0.2, 0) is 5.54 Å². The molecule has 0 bridgehead atoms. The monoisotopic (exact) mass is 392 g/mol. The number of hydrogen-bond acceptors (Lipinski definition) is 5. The average molecular weight is 392 g/mol. The van der Waals surface area contributed by atoms with E-state index in [4.69, 9.17) is 4.98 Å². The summed E-state index contributed by atoms with van der Waals surface area (Å²) in [7, 11) is 0. The van der Waals surface area contributed by atoms with Crippen LogP contribution >= 0.6 is 0 Å². The minimum absolute atomic E-state index is 0.225. The molecular formula is C21H24N6O2. The van der Waals surface area contributed by atoms with Crippen molar-refractivity contribution in [2.75, 3.05) is 0 Å². The van der Waals surface area contributed by atoms with Crippen LogP contribution in [0.2, 0.25) is 0 Å². The molecular weight excluding hydrogens is 368 g/mol. The summed E-state index contributed by atoms with van der Waals surface area (Å²) < 4.78 is 1.87. The van der Waals surface area contributed by atoms with Crippen molar-refractivity contribution < 1.29 is 9.59 Å². The largest absolute Gasteiger partial charge is 0.288 e. The highest BCUT2D eigenvalue weighted by Crippen LogP contribution is 2.40. The molecule has 0 radical (unpaired) electrons.